The van der Waals surface area contributed by atoms with Gasteiger partial charge in [0.05, 0.1) is 39.7 Å². The van der Waals surface area contributed by atoms with Crippen molar-refractivity contribution in [3.05, 3.63) is 60.3 Å². The number of anilines is 1. The predicted molar refractivity (Wildman–Crippen MR) is 132 cm³/mol. The van der Waals surface area contributed by atoms with Gasteiger partial charge in [-0.1, -0.05) is 6.92 Å². The Balaban J connectivity index is 1.43. The summed E-state index contributed by atoms with van der Waals surface area (Å²) in [6.07, 6.45) is 7.03. The zero-order valence-electron chi connectivity index (χ0n) is 18.3. The van der Waals surface area contributed by atoms with Crippen molar-refractivity contribution in [2.24, 2.45) is 0 Å². The van der Waals surface area contributed by atoms with E-state index in [0.717, 1.165) is 33.3 Å². The summed E-state index contributed by atoms with van der Waals surface area (Å²) in [4.78, 5) is 33.7. The number of amides is 1. The monoisotopic (exact) mass is 484 g/mol. The van der Waals surface area contributed by atoms with Gasteiger partial charge < -0.3 is 10.3 Å². The number of aromatic nitrogens is 7. The second kappa shape index (κ2) is 8.37. The van der Waals surface area contributed by atoms with Gasteiger partial charge in [-0.15, -0.1) is 11.3 Å². The Labute approximate surface area is 201 Å². The van der Waals surface area contributed by atoms with Crippen LogP contribution >= 0.6 is 11.3 Å². The fourth-order valence-corrected chi connectivity index (χ4v) is 4.55. The molecule has 0 fully saturated rings. The minimum Gasteiger partial charge on any atom is -0.336 e. The van der Waals surface area contributed by atoms with Gasteiger partial charge in [-0.2, -0.15) is 9.49 Å². The molecule has 3 N–H and O–H groups in total. The van der Waals surface area contributed by atoms with E-state index in [1.165, 1.54) is 6.07 Å². The standard InChI is InChI=1S/C24H17FN8OS/c1-2-20(34)29-13-7-12(9-26-10-13)16-8-14-17(11-28-16)32-33-21(14)24-30-15-5-6-27-23(22(15)31-24)18-3-4-19(25)35-18/h3-11H,2H2,1H3,(H,29,34)(H,30,31)(H,32,33). The van der Waals surface area contributed by atoms with Gasteiger partial charge in [-0.25, -0.2) is 4.98 Å². The molecular formula is C24H17FN8OS. The van der Waals surface area contributed by atoms with Gasteiger partial charge in [0.2, 0.25) is 5.91 Å². The van der Waals surface area contributed by atoms with E-state index in [1.54, 1.807) is 37.8 Å². The molecule has 0 aliphatic carbocycles. The Hall–Kier alpha value is -4.51. The van der Waals surface area contributed by atoms with Gasteiger partial charge in [0, 0.05) is 29.8 Å². The molecule has 0 saturated heterocycles. The molecule has 172 valence electrons. The van der Waals surface area contributed by atoms with E-state index in [9.17, 15) is 9.18 Å². The highest BCUT2D eigenvalue weighted by molar-refractivity contribution is 7.13. The molecule has 35 heavy (non-hydrogen) atoms. The molecule has 0 radical (unpaired) electrons. The molecule has 0 unspecified atom stereocenters. The summed E-state index contributed by atoms with van der Waals surface area (Å²) in [6.45, 7) is 1.79. The Morgan fingerprint density at radius 2 is 2.00 bits per heavy atom. The number of fused-ring (bicyclic) bond motifs is 2. The second-order valence-corrected chi connectivity index (χ2v) is 8.83. The number of nitrogens with one attached hydrogen (secondary N) is 3. The number of hydrogen-bond donors (Lipinski definition) is 3. The lowest BCUT2D eigenvalue weighted by Gasteiger charge is -2.06. The average Bonchev–Trinajstić information content (AvgIpc) is 3.61. The fraction of sp³-hybridized carbons (Fsp3) is 0.0833. The van der Waals surface area contributed by atoms with Crippen LogP contribution in [-0.4, -0.2) is 41.0 Å². The maximum atomic E-state index is 13.6. The molecule has 6 aromatic heterocycles. The van der Waals surface area contributed by atoms with E-state index >= 15 is 0 Å². The maximum absolute atomic E-state index is 13.6. The lowest BCUT2D eigenvalue weighted by Crippen LogP contribution is -2.09. The zero-order chi connectivity index (χ0) is 23.9. The smallest absolute Gasteiger partial charge is 0.224 e. The molecule has 6 heterocycles. The first-order chi connectivity index (χ1) is 17.1. The summed E-state index contributed by atoms with van der Waals surface area (Å²) in [5.74, 6) is 0.463. The number of H-pyrrole nitrogens is 2. The summed E-state index contributed by atoms with van der Waals surface area (Å²) in [5, 5.41) is 10.8. The second-order valence-electron chi connectivity index (χ2n) is 7.80. The van der Waals surface area contributed by atoms with Gasteiger partial charge in [-0.3, -0.25) is 24.8 Å². The summed E-state index contributed by atoms with van der Waals surface area (Å²) >= 11 is 1.03. The molecule has 0 aliphatic heterocycles. The van der Waals surface area contributed by atoms with Crippen LogP contribution < -0.4 is 5.32 Å². The van der Waals surface area contributed by atoms with Crippen molar-refractivity contribution in [1.29, 1.82) is 0 Å². The molecule has 11 heteroatoms. The van der Waals surface area contributed by atoms with Crippen LogP contribution in [0, 0.1) is 5.13 Å². The van der Waals surface area contributed by atoms with Crippen molar-refractivity contribution in [1.82, 2.24) is 35.1 Å². The highest BCUT2D eigenvalue weighted by Crippen LogP contribution is 2.33. The van der Waals surface area contributed by atoms with E-state index in [4.69, 9.17) is 4.98 Å². The number of pyridine rings is 3. The highest BCUT2D eigenvalue weighted by atomic mass is 32.1. The van der Waals surface area contributed by atoms with Crippen LogP contribution in [0.25, 0.3) is 55.3 Å². The van der Waals surface area contributed by atoms with E-state index in [1.807, 2.05) is 18.2 Å². The number of halogens is 1. The van der Waals surface area contributed by atoms with Crippen LogP contribution in [0.4, 0.5) is 10.1 Å². The fourth-order valence-electron chi connectivity index (χ4n) is 3.82. The van der Waals surface area contributed by atoms with Crippen molar-refractivity contribution in [3.8, 4) is 33.3 Å². The van der Waals surface area contributed by atoms with Crippen LogP contribution in [0.1, 0.15) is 13.3 Å². The molecule has 6 rings (SSSR count). The third-order valence-corrected chi connectivity index (χ3v) is 6.40. The van der Waals surface area contributed by atoms with Crippen molar-refractivity contribution < 1.29 is 9.18 Å². The van der Waals surface area contributed by atoms with Gasteiger partial charge in [0.25, 0.3) is 0 Å². The number of nitrogens with zero attached hydrogens (tertiary/aromatic N) is 5. The van der Waals surface area contributed by atoms with E-state index in [2.05, 4.69) is 35.5 Å². The number of imidazole rings is 1. The molecule has 0 atom stereocenters. The summed E-state index contributed by atoms with van der Waals surface area (Å²) < 4.78 is 13.6. The zero-order valence-corrected chi connectivity index (χ0v) is 19.2. The third-order valence-electron chi connectivity index (χ3n) is 5.52. The van der Waals surface area contributed by atoms with Crippen LogP contribution in [0.15, 0.2) is 55.1 Å². The summed E-state index contributed by atoms with van der Waals surface area (Å²) in [7, 11) is 0. The Morgan fingerprint density at radius 3 is 2.83 bits per heavy atom. The van der Waals surface area contributed by atoms with Gasteiger partial charge in [-0.05, 0) is 30.3 Å². The normalized spacial score (nSPS) is 11.4. The number of aromatic amines is 2. The molecular weight excluding hydrogens is 467 g/mol. The molecule has 0 aliphatic rings. The minimum absolute atomic E-state index is 0.0893. The lowest BCUT2D eigenvalue weighted by molar-refractivity contribution is -0.115. The first-order valence-corrected chi connectivity index (χ1v) is 11.6. The molecule has 0 bridgehead atoms. The number of carbonyl (C=O) groups is 1. The molecule has 0 saturated carbocycles. The van der Waals surface area contributed by atoms with Gasteiger partial charge >= 0.3 is 0 Å². The molecule has 0 spiro atoms. The van der Waals surface area contributed by atoms with Crippen molar-refractivity contribution in [2.75, 3.05) is 5.32 Å². The number of carbonyl (C=O) groups excluding carboxylic acids is 1. The van der Waals surface area contributed by atoms with Crippen molar-refractivity contribution >= 4 is 44.9 Å². The summed E-state index contributed by atoms with van der Waals surface area (Å²) in [6, 6.07) is 8.67. The van der Waals surface area contributed by atoms with Gasteiger partial charge in [0.1, 0.15) is 16.9 Å². The van der Waals surface area contributed by atoms with Crippen molar-refractivity contribution in [2.45, 2.75) is 13.3 Å². The lowest BCUT2D eigenvalue weighted by atomic mass is 10.1. The average molecular weight is 485 g/mol. The minimum atomic E-state index is -0.277. The molecule has 9 nitrogen and oxygen atoms in total. The largest absolute Gasteiger partial charge is 0.336 e. The van der Waals surface area contributed by atoms with Crippen LogP contribution in [0.2, 0.25) is 0 Å². The first-order valence-electron chi connectivity index (χ1n) is 10.8. The van der Waals surface area contributed by atoms with Crippen molar-refractivity contribution in [3.63, 3.8) is 0 Å². The molecule has 6 aromatic rings. The van der Waals surface area contributed by atoms with Crippen LogP contribution in [0.5, 0.6) is 0 Å². The van der Waals surface area contributed by atoms with E-state index in [0.29, 0.717) is 45.4 Å². The Kier molecular flexibility index (Phi) is 5.03. The Bertz CT molecular complexity index is 1720. The number of thiophene rings is 1. The predicted octanol–water partition coefficient (Wildman–Crippen LogP) is 5.17. The third kappa shape index (κ3) is 3.81. The van der Waals surface area contributed by atoms with Crippen LogP contribution in [-0.2, 0) is 4.79 Å². The summed E-state index contributed by atoms with van der Waals surface area (Å²) in [5.41, 5.74) is 5.41. The van der Waals surface area contributed by atoms with E-state index in [-0.39, 0.29) is 11.0 Å². The quantitative estimate of drug-likeness (QED) is 0.310. The Morgan fingerprint density at radius 1 is 1.09 bits per heavy atom. The SMILES string of the molecule is CCC(=O)Nc1cncc(-c2cc3c(-c4nc5c(-c6ccc(F)s6)nccc5[nH]4)n[nH]c3cn2)c1. The molecule has 1 amide bonds. The van der Waals surface area contributed by atoms with Crippen LogP contribution in [0.3, 0.4) is 0 Å². The first kappa shape index (κ1) is 21.1. The highest BCUT2D eigenvalue weighted by Gasteiger charge is 2.18. The van der Waals surface area contributed by atoms with Gasteiger partial charge in [0.15, 0.2) is 11.0 Å². The topological polar surface area (TPSA) is 125 Å². The maximum Gasteiger partial charge on any atom is 0.224 e. The number of rotatable bonds is 5. The van der Waals surface area contributed by atoms with E-state index < -0.39 is 0 Å². The number of hydrogen-bond acceptors (Lipinski definition) is 7. The molecule has 0 aromatic carbocycles.